The first-order valence-corrected chi connectivity index (χ1v) is 11.0. The number of thiocarbonyl (C=S) groups is 1. The van der Waals surface area contributed by atoms with Gasteiger partial charge in [-0.05, 0) is 75.5 Å². The third-order valence-corrected chi connectivity index (χ3v) is 4.87. The van der Waals surface area contributed by atoms with E-state index in [0.29, 0.717) is 17.2 Å². The maximum atomic E-state index is 12.7. The molecule has 3 N–H and O–H groups in total. The Hall–Kier alpha value is -2.73. The van der Waals surface area contributed by atoms with Crippen LogP contribution in [0.15, 0.2) is 48.5 Å². The highest BCUT2D eigenvalue weighted by molar-refractivity contribution is 7.80. The van der Waals surface area contributed by atoms with Gasteiger partial charge in [-0.2, -0.15) is 0 Å². The van der Waals surface area contributed by atoms with Crippen molar-refractivity contribution in [3.8, 4) is 0 Å². The van der Waals surface area contributed by atoms with E-state index in [0.717, 1.165) is 12.0 Å². The van der Waals surface area contributed by atoms with Crippen LogP contribution in [0.4, 0.5) is 5.69 Å². The molecule has 5 nitrogen and oxygen atoms in total. The molecular formula is C25H33N3O2S. The lowest BCUT2D eigenvalue weighted by molar-refractivity contribution is -0.120. The number of hydrogen-bond donors (Lipinski definition) is 3. The Morgan fingerprint density at radius 2 is 1.58 bits per heavy atom. The Morgan fingerprint density at radius 3 is 2.16 bits per heavy atom. The zero-order valence-corrected chi connectivity index (χ0v) is 20.0. The zero-order chi connectivity index (χ0) is 23.2. The number of rotatable bonds is 6. The highest BCUT2D eigenvalue weighted by Crippen LogP contribution is 2.19. The van der Waals surface area contributed by atoms with Crippen LogP contribution in [0.2, 0.25) is 0 Å². The van der Waals surface area contributed by atoms with Crippen molar-refractivity contribution in [3.05, 3.63) is 65.2 Å². The Balaban J connectivity index is 2.02. The maximum Gasteiger partial charge on any atom is 0.253 e. The lowest BCUT2D eigenvalue weighted by atomic mass is 9.96. The minimum Gasteiger partial charge on any atom is -0.347 e. The van der Waals surface area contributed by atoms with Crippen LogP contribution in [0.25, 0.3) is 0 Å². The molecule has 166 valence electrons. The van der Waals surface area contributed by atoms with E-state index in [1.54, 1.807) is 18.2 Å². The van der Waals surface area contributed by atoms with Crippen LogP contribution >= 0.6 is 12.2 Å². The predicted molar refractivity (Wildman–Crippen MR) is 131 cm³/mol. The van der Waals surface area contributed by atoms with Gasteiger partial charge >= 0.3 is 0 Å². The van der Waals surface area contributed by atoms with Gasteiger partial charge in [0.25, 0.3) is 5.91 Å². The van der Waals surface area contributed by atoms with E-state index in [4.69, 9.17) is 12.2 Å². The van der Waals surface area contributed by atoms with Gasteiger partial charge in [0, 0.05) is 5.54 Å². The summed E-state index contributed by atoms with van der Waals surface area (Å²) in [6.45, 7) is 12.0. The molecule has 0 bridgehead atoms. The van der Waals surface area contributed by atoms with Crippen LogP contribution in [0.1, 0.15) is 68.9 Å². The van der Waals surface area contributed by atoms with Gasteiger partial charge in [0.2, 0.25) is 5.91 Å². The normalized spacial score (nSPS) is 12.2. The summed E-state index contributed by atoms with van der Waals surface area (Å²) in [5.41, 5.74) is 2.83. The van der Waals surface area contributed by atoms with Gasteiger partial charge in [-0.3, -0.25) is 9.59 Å². The van der Waals surface area contributed by atoms with Gasteiger partial charge in [-0.15, -0.1) is 0 Å². The van der Waals surface area contributed by atoms with E-state index in [-0.39, 0.29) is 28.4 Å². The molecule has 2 amide bonds. The fraction of sp³-hybridized carbons (Fsp3) is 0.400. The molecule has 0 aliphatic rings. The quantitative estimate of drug-likeness (QED) is 0.552. The summed E-state index contributed by atoms with van der Waals surface area (Å²) in [6.07, 6.45) is 1.01. The minimum absolute atomic E-state index is 0.157. The third kappa shape index (κ3) is 7.79. The first-order chi connectivity index (χ1) is 14.5. The molecule has 0 spiro atoms. The summed E-state index contributed by atoms with van der Waals surface area (Å²) in [4.78, 5) is 25.3. The van der Waals surface area contributed by atoms with Gasteiger partial charge in [0.15, 0.2) is 5.11 Å². The molecule has 0 aromatic heterocycles. The van der Waals surface area contributed by atoms with Gasteiger partial charge < -0.3 is 16.0 Å². The highest BCUT2D eigenvalue weighted by Gasteiger charge is 2.20. The van der Waals surface area contributed by atoms with Gasteiger partial charge in [-0.25, -0.2) is 0 Å². The van der Waals surface area contributed by atoms with Crippen molar-refractivity contribution in [1.29, 1.82) is 0 Å². The Morgan fingerprint density at radius 1 is 0.968 bits per heavy atom. The molecule has 1 unspecified atom stereocenters. The first kappa shape index (κ1) is 24.5. The summed E-state index contributed by atoms with van der Waals surface area (Å²) in [5.74, 6) is -0.180. The summed E-state index contributed by atoms with van der Waals surface area (Å²) >= 11 is 5.33. The molecule has 0 saturated carbocycles. The molecule has 0 aliphatic heterocycles. The number of anilines is 1. The van der Waals surface area contributed by atoms with Gasteiger partial charge in [0.1, 0.15) is 0 Å². The Kier molecular flexibility index (Phi) is 8.34. The van der Waals surface area contributed by atoms with E-state index in [9.17, 15) is 9.59 Å². The van der Waals surface area contributed by atoms with Crippen molar-refractivity contribution in [2.24, 2.45) is 5.92 Å². The topological polar surface area (TPSA) is 70.2 Å². The molecule has 0 saturated heterocycles. The van der Waals surface area contributed by atoms with E-state index in [1.807, 2.05) is 45.9 Å². The first-order valence-electron chi connectivity index (χ1n) is 10.6. The number of nitrogens with one attached hydrogen (secondary N) is 3. The maximum absolute atomic E-state index is 12.7. The SMILES string of the molecule is CC(C)Cc1ccc(C(C)C(=O)NC(=S)Nc2ccccc2C(=O)NC(C)(C)C)cc1. The molecule has 0 fully saturated rings. The lowest BCUT2D eigenvalue weighted by Gasteiger charge is -2.22. The lowest BCUT2D eigenvalue weighted by Crippen LogP contribution is -2.41. The zero-order valence-electron chi connectivity index (χ0n) is 19.2. The Labute approximate surface area is 191 Å². The van der Waals surface area contributed by atoms with Crippen molar-refractivity contribution < 1.29 is 9.59 Å². The molecule has 2 aromatic carbocycles. The largest absolute Gasteiger partial charge is 0.347 e. The molecule has 6 heteroatoms. The molecule has 1 atom stereocenters. The summed E-state index contributed by atoms with van der Waals surface area (Å²) in [5, 5.41) is 8.81. The second-order valence-electron chi connectivity index (χ2n) is 9.25. The molecule has 31 heavy (non-hydrogen) atoms. The van der Waals surface area contributed by atoms with Crippen LogP contribution in [-0.2, 0) is 11.2 Å². The molecular weight excluding hydrogens is 406 g/mol. The van der Waals surface area contributed by atoms with E-state index < -0.39 is 0 Å². The van der Waals surface area contributed by atoms with Gasteiger partial charge in [0.05, 0.1) is 17.2 Å². The van der Waals surface area contributed by atoms with E-state index >= 15 is 0 Å². The van der Waals surface area contributed by atoms with Gasteiger partial charge in [-0.1, -0.05) is 50.2 Å². The number of benzene rings is 2. The average molecular weight is 440 g/mol. The fourth-order valence-corrected chi connectivity index (χ4v) is 3.35. The number of hydrogen-bond acceptors (Lipinski definition) is 3. The molecule has 0 heterocycles. The number of amides is 2. The summed E-state index contributed by atoms with van der Waals surface area (Å²) in [7, 11) is 0. The monoisotopic (exact) mass is 439 g/mol. The van der Waals surface area contributed by atoms with Crippen LogP contribution in [0, 0.1) is 5.92 Å². The number of para-hydroxylation sites is 1. The third-order valence-electron chi connectivity index (χ3n) is 4.66. The second kappa shape index (κ2) is 10.5. The molecule has 0 radical (unpaired) electrons. The van der Waals surface area contributed by atoms with E-state index in [1.165, 1.54) is 5.56 Å². The van der Waals surface area contributed by atoms with Crippen LogP contribution in [0.5, 0.6) is 0 Å². The molecule has 2 rings (SSSR count). The summed E-state index contributed by atoms with van der Waals surface area (Å²) < 4.78 is 0. The standard InChI is InChI=1S/C25H33N3O2S/c1-16(2)15-18-11-13-19(14-12-18)17(3)22(29)27-24(31)26-21-10-8-7-9-20(21)23(30)28-25(4,5)6/h7-14,16-17H,15H2,1-6H3,(H,28,30)(H2,26,27,29,31). The van der Waals surface area contributed by atoms with Crippen molar-refractivity contribution in [2.75, 3.05) is 5.32 Å². The average Bonchev–Trinajstić information content (AvgIpc) is 2.66. The molecule has 2 aromatic rings. The summed E-state index contributed by atoms with van der Waals surface area (Å²) in [6, 6.07) is 15.2. The fourth-order valence-electron chi connectivity index (χ4n) is 3.14. The van der Waals surface area contributed by atoms with Crippen LogP contribution in [0.3, 0.4) is 0 Å². The van der Waals surface area contributed by atoms with Crippen molar-refractivity contribution >= 4 is 34.8 Å². The van der Waals surface area contributed by atoms with Crippen molar-refractivity contribution in [3.63, 3.8) is 0 Å². The molecule has 0 aliphatic carbocycles. The smallest absolute Gasteiger partial charge is 0.253 e. The predicted octanol–water partition coefficient (Wildman–Crippen LogP) is 5.03. The number of carbonyl (C=O) groups is 2. The second-order valence-corrected chi connectivity index (χ2v) is 9.66. The van der Waals surface area contributed by atoms with Crippen LogP contribution in [-0.4, -0.2) is 22.5 Å². The van der Waals surface area contributed by atoms with Crippen LogP contribution < -0.4 is 16.0 Å². The minimum atomic E-state index is -0.362. The van der Waals surface area contributed by atoms with E-state index in [2.05, 4.69) is 41.9 Å². The number of carbonyl (C=O) groups excluding carboxylic acids is 2. The van der Waals surface area contributed by atoms with Crippen molar-refractivity contribution in [2.45, 2.75) is 59.4 Å². The highest BCUT2D eigenvalue weighted by atomic mass is 32.1. The van der Waals surface area contributed by atoms with Crippen molar-refractivity contribution in [1.82, 2.24) is 10.6 Å². The Bertz CT molecular complexity index is 931.